The zero-order valence-corrected chi connectivity index (χ0v) is 23.1. The molecule has 1 N–H and O–H groups in total. The van der Waals surface area contributed by atoms with Crippen LogP contribution in [0.25, 0.3) is 20.5 Å². The summed E-state index contributed by atoms with van der Waals surface area (Å²) in [5.41, 5.74) is 10.0. The molecule has 2 aromatic heterocycles. The molecule has 0 saturated carbocycles. The number of nitrogens with zero attached hydrogens (tertiary/aromatic N) is 1. The van der Waals surface area contributed by atoms with Crippen LogP contribution in [0.3, 0.4) is 0 Å². The lowest BCUT2D eigenvalue weighted by molar-refractivity contribution is -0.140. The molecule has 0 bridgehead atoms. The minimum Gasteiger partial charge on any atom is -0.465 e. The van der Waals surface area contributed by atoms with Gasteiger partial charge in [0.25, 0.3) is 0 Å². The highest BCUT2D eigenvalue weighted by molar-refractivity contribution is 7.27. The molecule has 5 rings (SSSR count). The van der Waals surface area contributed by atoms with Gasteiger partial charge in [-0.3, -0.25) is 20.0 Å². The third kappa shape index (κ3) is 5.64. The molecule has 0 amide bonds. The number of ether oxygens (including phenoxy) is 1. The van der Waals surface area contributed by atoms with Gasteiger partial charge >= 0.3 is 5.97 Å². The number of thiophene rings is 2. The maximum Gasteiger partial charge on any atom is 0.302 e. The number of hydrogen-bond donors (Lipinski definition) is 1. The van der Waals surface area contributed by atoms with Gasteiger partial charge in [-0.25, -0.2) is 0 Å². The number of nitrogens with one attached hydrogen (secondary N) is 1. The molecule has 2 heterocycles. The highest BCUT2D eigenvalue weighted by atomic mass is 32.1. The van der Waals surface area contributed by atoms with Crippen molar-refractivity contribution in [2.45, 2.75) is 27.2 Å². The van der Waals surface area contributed by atoms with Crippen LogP contribution in [0.2, 0.25) is 0 Å². The van der Waals surface area contributed by atoms with E-state index in [9.17, 15) is 9.59 Å². The number of esters is 1. The number of rotatable bonds is 9. The summed E-state index contributed by atoms with van der Waals surface area (Å²) in [6.45, 7) is 5.91. The molecule has 5 nitrogen and oxygen atoms in total. The first kappa shape index (κ1) is 25.7. The summed E-state index contributed by atoms with van der Waals surface area (Å²) in [5, 5.41) is 3.15. The first-order chi connectivity index (χ1) is 18.4. The largest absolute Gasteiger partial charge is 0.465 e. The van der Waals surface area contributed by atoms with E-state index in [0.29, 0.717) is 13.0 Å². The predicted molar refractivity (Wildman–Crippen MR) is 159 cm³/mol. The van der Waals surface area contributed by atoms with Crippen molar-refractivity contribution in [3.05, 3.63) is 99.7 Å². The van der Waals surface area contributed by atoms with E-state index < -0.39 is 0 Å². The second-order valence-electron chi connectivity index (χ2n) is 9.15. The van der Waals surface area contributed by atoms with E-state index in [1.165, 1.54) is 29.4 Å². The van der Waals surface area contributed by atoms with E-state index in [-0.39, 0.29) is 5.97 Å². The van der Waals surface area contributed by atoms with Crippen molar-refractivity contribution in [2.24, 2.45) is 0 Å². The first-order valence-corrected chi connectivity index (χ1v) is 14.0. The van der Waals surface area contributed by atoms with E-state index in [1.807, 2.05) is 0 Å². The standard InChI is InChI=1S/C31H28N2O3S2/c1-20-4-10-24(11-5-20)32-33(25-12-6-21(2)7-13-25)26-14-8-23(9-15-26)30-28-18-27(16-17-36-22(3)35)37-31(28)29(19-34)38-30/h4-15,18-19,32H,16-17H2,1-3H3. The maximum absolute atomic E-state index is 11.8. The van der Waals surface area contributed by atoms with Gasteiger partial charge in [-0.05, 0) is 61.9 Å². The van der Waals surface area contributed by atoms with Gasteiger partial charge in [0.2, 0.25) is 0 Å². The number of benzene rings is 3. The Morgan fingerprint density at radius 3 is 2.11 bits per heavy atom. The fourth-order valence-electron chi connectivity index (χ4n) is 4.21. The molecule has 38 heavy (non-hydrogen) atoms. The van der Waals surface area contributed by atoms with Crippen molar-refractivity contribution in [3.63, 3.8) is 0 Å². The zero-order valence-electron chi connectivity index (χ0n) is 21.5. The summed E-state index contributed by atoms with van der Waals surface area (Å²) >= 11 is 3.11. The number of hydrazine groups is 1. The molecule has 0 unspecified atom stereocenters. The van der Waals surface area contributed by atoms with Crippen LogP contribution < -0.4 is 10.4 Å². The van der Waals surface area contributed by atoms with Gasteiger partial charge in [0.05, 0.1) is 33.2 Å². The lowest BCUT2D eigenvalue weighted by atomic mass is 10.1. The monoisotopic (exact) mass is 540 g/mol. The van der Waals surface area contributed by atoms with Gasteiger partial charge in [0.1, 0.15) is 0 Å². The third-order valence-electron chi connectivity index (χ3n) is 6.20. The summed E-state index contributed by atoms with van der Waals surface area (Å²) in [6, 6.07) is 27.2. The Balaban J connectivity index is 1.47. The normalized spacial score (nSPS) is 10.9. The van der Waals surface area contributed by atoms with Crippen LogP contribution in [0.15, 0.2) is 78.9 Å². The highest BCUT2D eigenvalue weighted by Gasteiger charge is 2.17. The fourth-order valence-corrected chi connectivity index (χ4v) is 6.56. The maximum atomic E-state index is 11.8. The number of fused-ring (bicyclic) bond motifs is 1. The summed E-state index contributed by atoms with van der Waals surface area (Å²) in [5.74, 6) is -0.284. The summed E-state index contributed by atoms with van der Waals surface area (Å²) in [7, 11) is 0. The molecule has 0 aliphatic heterocycles. The van der Waals surface area contributed by atoms with Crippen LogP contribution in [-0.2, 0) is 16.0 Å². The number of anilines is 3. The molecule has 7 heteroatoms. The Morgan fingerprint density at radius 1 is 0.895 bits per heavy atom. The van der Waals surface area contributed by atoms with E-state index >= 15 is 0 Å². The molecule has 0 fully saturated rings. The quantitative estimate of drug-likeness (QED) is 0.116. The second-order valence-corrected chi connectivity index (χ2v) is 11.3. The molecule has 0 aliphatic rings. The summed E-state index contributed by atoms with van der Waals surface area (Å²) in [4.78, 5) is 25.8. The van der Waals surface area contributed by atoms with Crippen molar-refractivity contribution < 1.29 is 14.3 Å². The molecular weight excluding hydrogens is 512 g/mol. The molecule has 0 atom stereocenters. The Hall–Kier alpha value is -3.94. The summed E-state index contributed by atoms with van der Waals surface area (Å²) in [6.07, 6.45) is 1.57. The van der Waals surface area contributed by atoms with Crippen LogP contribution in [0.1, 0.15) is 32.6 Å². The average Bonchev–Trinajstić information content (AvgIpc) is 3.48. The lowest BCUT2D eigenvalue weighted by Gasteiger charge is -2.27. The second kappa shape index (κ2) is 11.2. The first-order valence-electron chi connectivity index (χ1n) is 12.4. The minimum atomic E-state index is -0.284. The molecule has 0 spiro atoms. The van der Waals surface area contributed by atoms with Gasteiger partial charge in [-0.15, -0.1) is 22.7 Å². The molecular formula is C31H28N2O3S2. The van der Waals surface area contributed by atoms with Gasteiger partial charge < -0.3 is 4.74 Å². The minimum absolute atomic E-state index is 0.284. The van der Waals surface area contributed by atoms with E-state index in [0.717, 1.165) is 53.6 Å². The zero-order chi connectivity index (χ0) is 26.6. The summed E-state index contributed by atoms with van der Waals surface area (Å²) < 4.78 is 6.10. The Morgan fingerprint density at radius 2 is 1.50 bits per heavy atom. The Labute approximate surface area is 230 Å². The number of aryl methyl sites for hydroxylation is 2. The molecule has 0 radical (unpaired) electrons. The molecule has 3 aromatic carbocycles. The van der Waals surface area contributed by atoms with Crippen molar-refractivity contribution in [1.82, 2.24) is 0 Å². The van der Waals surface area contributed by atoms with Crippen molar-refractivity contribution in [1.29, 1.82) is 0 Å². The van der Waals surface area contributed by atoms with Gasteiger partial charge in [-0.1, -0.05) is 47.5 Å². The molecule has 5 aromatic rings. The molecule has 0 saturated heterocycles. The number of carbonyl (C=O) groups is 2. The van der Waals surface area contributed by atoms with Gasteiger partial charge in [0.15, 0.2) is 6.29 Å². The van der Waals surface area contributed by atoms with E-state index in [4.69, 9.17) is 4.74 Å². The van der Waals surface area contributed by atoms with Crippen LogP contribution in [-0.4, -0.2) is 18.9 Å². The fraction of sp³-hybridized carbons (Fsp3) is 0.161. The van der Waals surface area contributed by atoms with Crippen LogP contribution in [0.5, 0.6) is 0 Å². The van der Waals surface area contributed by atoms with Crippen LogP contribution in [0, 0.1) is 13.8 Å². The van der Waals surface area contributed by atoms with E-state index in [1.54, 1.807) is 11.3 Å². The van der Waals surface area contributed by atoms with Crippen LogP contribution >= 0.6 is 22.7 Å². The average molecular weight is 541 g/mol. The smallest absolute Gasteiger partial charge is 0.302 e. The van der Waals surface area contributed by atoms with Crippen molar-refractivity contribution in [2.75, 3.05) is 17.0 Å². The third-order valence-corrected chi connectivity index (χ3v) is 8.73. The molecule has 192 valence electrons. The van der Waals surface area contributed by atoms with Gasteiger partial charge in [0, 0.05) is 28.5 Å². The predicted octanol–water partition coefficient (Wildman–Crippen LogP) is 8.33. The van der Waals surface area contributed by atoms with Crippen molar-refractivity contribution >= 4 is 62.1 Å². The Kier molecular flexibility index (Phi) is 7.58. The number of aldehydes is 1. The topological polar surface area (TPSA) is 58.6 Å². The number of hydrogen-bond acceptors (Lipinski definition) is 7. The molecule has 0 aliphatic carbocycles. The van der Waals surface area contributed by atoms with Crippen LogP contribution in [0.4, 0.5) is 17.1 Å². The van der Waals surface area contributed by atoms with Crippen molar-refractivity contribution in [3.8, 4) is 10.4 Å². The number of carbonyl (C=O) groups excluding carboxylic acids is 2. The van der Waals surface area contributed by atoms with E-state index in [2.05, 4.69) is 103 Å². The SMILES string of the molecule is CC(=O)OCCc1cc2c(-c3ccc(N(Nc4ccc(C)cc4)c4ccc(C)cc4)cc3)sc(C=O)c2s1. The Bertz CT molecular complexity index is 1570. The highest BCUT2D eigenvalue weighted by Crippen LogP contribution is 2.43. The lowest BCUT2D eigenvalue weighted by Crippen LogP contribution is -2.24. The van der Waals surface area contributed by atoms with Gasteiger partial charge in [-0.2, -0.15) is 0 Å².